The monoisotopic (exact) mass is 255 g/mol. The number of carbonyl (C=O) groups is 1. The molecule has 1 aromatic heterocycles. The van der Waals surface area contributed by atoms with Crippen LogP contribution in [0.5, 0.6) is 0 Å². The minimum atomic E-state index is -0.973. The maximum absolute atomic E-state index is 11.2. The van der Waals surface area contributed by atoms with Crippen LogP contribution in [0.2, 0.25) is 0 Å². The number of anilines is 1. The first kappa shape index (κ1) is 13.8. The van der Waals surface area contributed by atoms with E-state index < -0.39 is 5.97 Å². The summed E-state index contributed by atoms with van der Waals surface area (Å²) in [5.74, 6) is 0.259. The minimum absolute atomic E-state index is 0.152. The zero-order valence-corrected chi connectivity index (χ0v) is 11.3. The molecule has 6 heteroatoms. The summed E-state index contributed by atoms with van der Waals surface area (Å²) < 4.78 is 0. The quantitative estimate of drug-likeness (QED) is 0.837. The number of thioether (sulfide) groups is 1. The number of nitrogens with zero attached hydrogens (tertiary/aromatic N) is 2. The van der Waals surface area contributed by atoms with Gasteiger partial charge in [0.1, 0.15) is 5.56 Å². The summed E-state index contributed by atoms with van der Waals surface area (Å²) in [6, 6.07) is 0.152. The van der Waals surface area contributed by atoms with Gasteiger partial charge in [-0.2, -0.15) is 16.9 Å². The highest BCUT2D eigenvalue weighted by molar-refractivity contribution is 7.98. The molecule has 0 radical (unpaired) electrons. The Balaban J connectivity index is 3.07. The molecule has 0 fully saturated rings. The van der Waals surface area contributed by atoms with Crippen molar-refractivity contribution < 1.29 is 9.90 Å². The number of aromatic carboxylic acids is 1. The molecule has 0 aliphatic carbocycles. The van der Waals surface area contributed by atoms with Gasteiger partial charge in [-0.15, -0.1) is 5.10 Å². The Bertz CT molecular complexity index is 423. The van der Waals surface area contributed by atoms with Crippen LogP contribution >= 0.6 is 11.8 Å². The van der Waals surface area contributed by atoms with Crippen molar-refractivity contribution >= 4 is 23.5 Å². The number of nitrogens with one attached hydrogen (secondary N) is 1. The van der Waals surface area contributed by atoms with E-state index in [0.717, 1.165) is 5.75 Å². The summed E-state index contributed by atoms with van der Waals surface area (Å²) in [6.45, 7) is 5.49. The van der Waals surface area contributed by atoms with Crippen molar-refractivity contribution in [1.29, 1.82) is 0 Å². The fourth-order valence-electron chi connectivity index (χ4n) is 1.50. The molecule has 0 saturated heterocycles. The van der Waals surface area contributed by atoms with Crippen molar-refractivity contribution in [2.24, 2.45) is 0 Å². The van der Waals surface area contributed by atoms with Gasteiger partial charge in [-0.3, -0.25) is 0 Å². The van der Waals surface area contributed by atoms with E-state index in [4.69, 9.17) is 0 Å². The van der Waals surface area contributed by atoms with Crippen molar-refractivity contribution in [2.45, 2.75) is 26.8 Å². The molecule has 0 spiro atoms. The Morgan fingerprint density at radius 2 is 2.12 bits per heavy atom. The lowest BCUT2D eigenvalue weighted by Gasteiger charge is -2.16. The lowest BCUT2D eigenvalue weighted by molar-refractivity contribution is 0.0696. The van der Waals surface area contributed by atoms with E-state index in [9.17, 15) is 9.90 Å². The average molecular weight is 255 g/mol. The summed E-state index contributed by atoms with van der Waals surface area (Å²) in [6.07, 6.45) is 2.00. The van der Waals surface area contributed by atoms with Crippen molar-refractivity contribution in [2.75, 3.05) is 17.3 Å². The highest BCUT2D eigenvalue weighted by atomic mass is 32.2. The van der Waals surface area contributed by atoms with E-state index in [1.807, 2.05) is 13.2 Å². The number of hydrogen-bond donors (Lipinski definition) is 2. The predicted octanol–water partition coefficient (Wildman–Crippen LogP) is 1.96. The van der Waals surface area contributed by atoms with Crippen LogP contribution in [0, 0.1) is 13.8 Å². The topological polar surface area (TPSA) is 75.1 Å². The molecule has 1 unspecified atom stereocenters. The SMILES string of the molecule is CSCC(C)Nc1nnc(C)c(C)c1C(=O)O. The lowest BCUT2D eigenvalue weighted by atomic mass is 10.1. The third-order valence-corrected chi connectivity index (χ3v) is 3.30. The second-order valence-corrected chi connectivity index (χ2v) is 4.85. The number of carboxylic acid groups (broad SMARTS) is 1. The minimum Gasteiger partial charge on any atom is -0.478 e. The zero-order chi connectivity index (χ0) is 13.0. The number of aryl methyl sites for hydroxylation is 1. The number of aromatic nitrogens is 2. The van der Waals surface area contributed by atoms with Gasteiger partial charge in [-0.1, -0.05) is 0 Å². The van der Waals surface area contributed by atoms with E-state index in [2.05, 4.69) is 15.5 Å². The number of hydrogen-bond acceptors (Lipinski definition) is 5. The van der Waals surface area contributed by atoms with Crippen LogP contribution in [0.3, 0.4) is 0 Å². The summed E-state index contributed by atoms with van der Waals surface area (Å²) >= 11 is 1.69. The second-order valence-electron chi connectivity index (χ2n) is 3.94. The molecule has 17 heavy (non-hydrogen) atoms. The van der Waals surface area contributed by atoms with E-state index in [1.54, 1.807) is 25.6 Å². The molecule has 0 saturated carbocycles. The normalized spacial score (nSPS) is 12.2. The van der Waals surface area contributed by atoms with E-state index in [0.29, 0.717) is 17.1 Å². The smallest absolute Gasteiger partial charge is 0.339 e. The van der Waals surface area contributed by atoms with Crippen LogP contribution in [0.1, 0.15) is 28.5 Å². The van der Waals surface area contributed by atoms with Gasteiger partial charge in [0.25, 0.3) is 0 Å². The van der Waals surface area contributed by atoms with Gasteiger partial charge in [-0.25, -0.2) is 4.79 Å². The number of carboxylic acids is 1. The van der Waals surface area contributed by atoms with Crippen LogP contribution in [0.25, 0.3) is 0 Å². The highest BCUT2D eigenvalue weighted by Crippen LogP contribution is 2.19. The molecule has 94 valence electrons. The molecule has 1 heterocycles. The van der Waals surface area contributed by atoms with Crippen molar-refractivity contribution in [3.8, 4) is 0 Å². The molecule has 5 nitrogen and oxygen atoms in total. The molecular formula is C11H17N3O2S. The molecule has 0 aliphatic rings. The average Bonchev–Trinajstić information content (AvgIpc) is 2.23. The summed E-state index contributed by atoms with van der Waals surface area (Å²) in [5, 5.41) is 20.2. The van der Waals surface area contributed by atoms with Crippen LogP contribution in [-0.4, -0.2) is 39.3 Å². The van der Waals surface area contributed by atoms with E-state index in [1.165, 1.54) is 0 Å². The molecular weight excluding hydrogens is 238 g/mol. The Morgan fingerprint density at radius 1 is 1.47 bits per heavy atom. The molecule has 0 aliphatic heterocycles. The van der Waals surface area contributed by atoms with Gasteiger partial charge in [0.05, 0.1) is 5.69 Å². The first-order valence-electron chi connectivity index (χ1n) is 5.30. The molecule has 0 aromatic carbocycles. The predicted molar refractivity (Wildman–Crippen MR) is 69.9 cm³/mol. The Morgan fingerprint density at radius 3 is 2.65 bits per heavy atom. The fourth-order valence-corrected chi connectivity index (χ4v) is 2.08. The van der Waals surface area contributed by atoms with Gasteiger partial charge in [-0.05, 0) is 32.6 Å². The van der Waals surface area contributed by atoms with Gasteiger partial charge >= 0.3 is 5.97 Å². The van der Waals surface area contributed by atoms with Crippen LogP contribution < -0.4 is 5.32 Å². The largest absolute Gasteiger partial charge is 0.478 e. The fraction of sp³-hybridized carbons (Fsp3) is 0.545. The van der Waals surface area contributed by atoms with Crippen LogP contribution in [0.15, 0.2) is 0 Å². The first-order chi connectivity index (χ1) is 7.97. The van der Waals surface area contributed by atoms with Crippen LogP contribution in [-0.2, 0) is 0 Å². The Hall–Kier alpha value is -1.30. The molecule has 2 N–H and O–H groups in total. The third kappa shape index (κ3) is 3.33. The number of rotatable bonds is 5. The van der Waals surface area contributed by atoms with E-state index >= 15 is 0 Å². The van der Waals surface area contributed by atoms with Gasteiger partial charge in [0.2, 0.25) is 0 Å². The van der Waals surface area contributed by atoms with Crippen molar-refractivity contribution in [3.63, 3.8) is 0 Å². The second kappa shape index (κ2) is 5.86. The van der Waals surface area contributed by atoms with Crippen molar-refractivity contribution in [1.82, 2.24) is 10.2 Å². The van der Waals surface area contributed by atoms with Crippen LogP contribution in [0.4, 0.5) is 5.82 Å². The molecule has 0 amide bonds. The maximum Gasteiger partial charge on any atom is 0.339 e. The third-order valence-electron chi connectivity index (χ3n) is 2.47. The Labute approximate surface area is 105 Å². The lowest BCUT2D eigenvalue weighted by Crippen LogP contribution is -2.22. The highest BCUT2D eigenvalue weighted by Gasteiger charge is 2.18. The van der Waals surface area contributed by atoms with Gasteiger partial charge < -0.3 is 10.4 Å². The standard InChI is InChI=1S/C11H17N3O2S/c1-6(5-17-4)12-10-9(11(15)16)7(2)8(3)13-14-10/h6H,5H2,1-4H3,(H,12,14)(H,15,16). The maximum atomic E-state index is 11.2. The zero-order valence-electron chi connectivity index (χ0n) is 10.4. The van der Waals surface area contributed by atoms with E-state index in [-0.39, 0.29) is 11.6 Å². The molecule has 1 atom stereocenters. The summed E-state index contributed by atoms with van der Waals surface area (Å²) in [7, 11) is 0. The molecule has 0 bridgehead atoms. The summed E-state index contributed by atoms with van der Waals surface area (Å²) in [4.78, 5) is 11.2. The Kier molecular flexibility index (Phi) is 4.74. The van der Waals surface area contributed by atoms with Crippen molar-refractivity contribution in [3.05, 3.63) is 16.8 Å². The first-order valence-corrected chi connectivity index (χ1v) is 6.69. The van der Waals surface area contributed by atoms with Gasteiger partial charge in [0, 0.05) is 11.8 Å². The molecule has 1 aromatic rings. The summed E-state index contributed by atoms with van der Waals surface area (Å²) in [5.41, 5.74) is 1.52. The molecule has 1 rings (SSSR count). The van der Waals surface area contributed by atoms with Gasteiger partial charge in [0.15, 0.2) is 5.82 Å².